The van der Waals surface area contributed by atoms with Crippen molar-refractivity contribution < 1.29 is 28.6 Å². The Balaban J connectivity index is 4.33. The second-order valence-electron chi connectivity index (χ2n) is 22.4. The van der Waals surface area contributed by atoms with E-state index in [9.17, 15) is 14.4 Å². The summed E-state index contributed by atoms with van der Waals surface area (Å²) in [6.45, 7) is 6.64. The van der Waals surface area contributed by atoms with Crippen molar-refractivity contribution in [1.82, 2.24) is 0 Å². The van der Waals surface area contributed by atoms with Gasteiger partial charge in [-0.15, -0.1) is 0 Å². The molecule has 0 saturated heterocycles. The molecule has 438 valence electrons. The summed E-state index contributed by atoms with van der Waals surface area (Å²) in [4.78, 5) is 38.4. The van der Waals surface area contributed by atoms with Gasteiger partial charge in [-0.1, -0.05) is 301 Å². The van der Waals surface area contributed by atoms with Crippen LogP contribution in [0.5, 0.6) is 0 Å². The third kappa shape index (κ3) is 62.1. The topological polar surface area (TPSA) is 78.9 Å². The molecule has 0 aliphatic carbocycles. The Morgan fingerprint density at radius 3 is 0.773 bits per heavy atom. The minimum Gasteiger partial charge on any atom is -0.462 e. The van der Waals surface area contributed by atoms with Crippen LogP contribution in [0.4, 0.5) is 0 Å². The van der Waals surface area contributed by atoms with Gasteiger partial charge in [0.05, 0.1) is 0 Å². The molecule has 0 saturated carbocycles. The fraction of sp³-hybridized carbons (Fsp3) is 0.841. The standard InChI is InChI=1S/C69H126O6/c1-4-7-10-13-16-19-22-25-28-31-33-34-35-37-38-41-44-47-50-53-56-59-62-68(71)74-65-66(64-73-67(70)61-58-55-52-49-46-43-40-30-27-24-21-18-15-12-9-6-3)75-69(72)63-60-57-54-51-48-45-42-39-36-32-29-26-23-20-17-14-11-8-5-2/h17,20-21,24,26,29-30,40,66H,4-16,18-19,22-23,25,27-28,31-39,41-65H2,1-3H3/b20-17-,24-21-,29-26-,40-30-. The number of hydrogen-bond donors (Lipinski definition) is 0. The molecule has 0 N–H and O–H groups in total. The predicted octanol–water partition coefficient (Wildman–Crippen LogP) is 22.6. The number of rotatable bonds is 61. The van der Waals surface area contributed by atoms with E-state index < -0.39 is 6.10 Å². The highest BCUT2D eigenvalue weighted by molar-refractivity contribution is 5.71. The monoisotopic (exact) mass is 1050 g/mol. The van der Waals surface area contributed by atoms with Gasteiger partial charge < -0.3 is 14.2 Å². The molecule has 0 aromatic heterocycles. The molecule has 0 aliphatic heterocycles. The predicted molar refractivity (Wildman–Crippen MR) is 325 cm³/mol. The third-order valence-corrected chi connectivity index (χ3v) is 14.8. The zero-order valence-electron chi connectivity index (χ0n) is 50.3. The van der Waals surface area contributed by atoms with Crippen LogP contribution in [-0.2, 0) is 28.6 Å². The van der Waals surface area contributed by atoms with Gasteiger partial charge in [0, 0.05) is 19.3 Å². The van der Waals surface area contributed by atoms with Crippen molar-refractivity contribution >= 4 is 17.9 Å². The first kappa shape index (κ1) is 72.4. The van der Waals surface area contributed by atoms with Gasteiger partial charge in [0.15, 0.2) is 6.10 Å². The number of esters is 3. The van der Waals surface area contributed by atoms with Crippen LogP contribution in [0.25, 0.3) is 0 Å². The molecule has 1 atom stereocenters. The molecular formula is C69H126O6. The van der Waals surface area contributed by atoms with Gasteiger partial charge in [0.1, 0.15) is 13.2 Å². The molecule has 6 heteroatoms. The molecule has 0 aromatic carbocycles. The minimum atomic E-state index is -0.781. The molecule has 0 amide bonds. The summed E-state index contributed by atoms with van der Waals surface area (Å²) in [7, 11) is 0. The fourth-order valence-electron chi connectivity index (χ4n) is 9.80. The van der Waals surface area contributed by atoms with Gasteiger partial charge >= 0.3 is 17.9 Å². The molecule has 0 aromatic rings. The quantitative estimate of drug-likeness (QED) is 0.0261. The van der Waals surface area contributed by atoms with Crippen molar-refractivity contribution in [2.75, 3.05) is 13.2 Å². The molecule has 0 rings (SSSR count). The molecule has 0 heterocycles. The lowest BCUT2D eigenvalue weighted by Crippen LogP contribution is -2.30. The van der Waals surface area contributed by atoms with E-state index in [-0.39, 0.29) is 31.1 Å². The highest BCUT2D eigenvalue weighted by atomic mass is 16.6. The van der Waals surface area contributed by atoms with E-state index in [1.165, 1.54) is 231 Å². The number of carbonyl (C=O) groups excluding carboxylic acids is 3. The summed E-state index contributed by atoms with van der Waals surface area (Å²) in [5, 5.41) is 0. The summed E-state index contributed by atoms with van der Waals surface area (Å²) in [5.41, 5.74) is 0. The summed E-state index contributed by atoms with van der Waals surface area (Å²) >= 11 is 0. The molecule has 0 bridgehead atoms. The fourth-order valence-corrected chi connectivity index (χ4v) is 9.80. The van der Waals surface area contributed by atoms with Gasteiger partial charge in [-0.3, -0.25) is 14.4 Å². The van der Waals surface area contributed by atoms with E-state index in [1.54, 1.807) is 0 Å². The lowest BCUT2D eigenvalue weighted by Gasteiger charge is -2.18. The van der Waals surface area contributed by atoms with E-state index in [0.717, 1.165) is 83.5 Å². The first-order valence-corrected chi connectivity index (χ1v) is 33.1. The van der Waals surface area contributed by atoms with Crippen LogP contribution in [0.15, 0.2) is 48.6 Å². The number of hydrogen-bond acceptors (Lipinski definition) is 6. The first-order valence-electron chi connectivity index (χ1n) is 33.1. The molecule has 0 fully saturated rings. The zero-order chi connectivity index (χ0) is 54.3. The van der Waals surface area contributed by atoms with Crippen molar-refractivity contribution in [3.05, 3.63) is 48.6 Å². The molecule has 75 heavy (non-hydrogen) atoms. The number of ether oxygens (including phenoxy) is 3. The van der Waals surface area contributed by atoms with Crippen molar-refractivity contribution in [3.63, 3.8) is 0 Å². The largest absolute Gasteiger partial charge is 0.462 e. The molecule has 6 nitrogen and oxygen atoms in total. The Morgan fingerprint density at radius 1 is 0.267 bits per heavy atom. The molecule has 0 spiro atoms. The lowest BCUT2D eigenvalue weighted by molar-refractivity contribution is -0.167. The van der Waals surface area contributed by atoms with E-state index in [2.05, 4.69) is 69.4 Å². The summed E-state index contributed by atoms with van der Waals surface area (Å²) < 4.78 is 17.0. The van der Waals surface area contributed by atoms with Crippen LogP contribution in [0.3, 0.4) is 0 Å². The number of allylic oxidation sites excluding steroid dienone is 8. The van der Waals surface area contributed by atoms with Crippen LogP contribution in [0.1, 0.15) is 355 Å². The maximum atomic E-state index is 12.9. The normalized spacial score (nSPS) is 12.3. The summed E-state index contributed by atoms with van der Waals surface area (Å²) in [6.07, 6.45) is 79.7. The van der Waals surface area contributed by atoms with Crippen LogP contribution in [-0.4, -0.2) is 37.2 Å². The van der Waals surface area contributed by atoms with Crippen molar-refractivity contribution in [1.29, 1.82) is 0 Å². The van der Waals surface area contributed by atoms with Crippen LogP contribution in [0.2, 0.25) is 0 Å². The zero-order valence-corrected chi connectivity index (χ0v) is 50.3. The number of unbranched alkanes of at least 4 members (excludes halogenated alkanes) is 42. The molecule has 1 unspecified atom stereocenters. The van der Waals surface area contributed by atoms with Crippen LogP contribution < -0.4 is 0 Å². The Kier molecular flexibility index (Phi) is 61.7. The SMILES string of the molecule is CCCCC/C=C\C/C=C\CCCCCCCCCCCC(=O)OC(COC(=O)CCCCCCC/C=C\C/C=C\CCCCCC)COC(=O)CCCCCCCCCCCCCCCCCCCCCCCC. The van der Waals surface area contributed by atoms with Crippen molar-refractivity contribution in [3.8, 4) is 0 Å². The Hall–Kier alpha value is -2.63. The summed E-state index contributed by atoms with van der Waals surface area (Å²) in [5.74, 6) is -0.871. The number of carbonyl (C=O) groups is 3. The highest BCUT2D eigenvalue weighted by Crippen LogP contribution is 2.18. The smallest absolute Gasteiger partial charge is 0.306 e. The third-order valence-electron chi connectivity index (χ3n) is 14.8. The van der Waals surface area contributed by atoms with Crippen LogP contribution in [0, 0.1) is 0 Å². The van der Waals surface area contributed by atoms with E-state index in [4.69, 9.17) is 14.2 Å². The maximum Gasteiger partial charge on any atom is 0.306 e. The molecular weight excluding hydrogens is 925 g/mol. The van der Waals surface area contributed by atoms with Crippen molar-refractivity contribution in [2.45, 2.75) is 361 Å². The molecule has 0 radical (unpaired) electrons. The van der Waals surface area contributed by atoms with E-state index >= 15 is 0 Å². The average Bonchev–Trinajstić information content (AvgIpc) is 3.41. The first-order chi connectivity index (χ1) is 37.0. The van der Waals surface area contributed by atoms with E-state index in [1.807, 2.05) is 0 Å². The van der Waals surface area contributed by atoms with Gasteiger partial charge in [-0.2, -0.15) is 0 Å². The Labute approximate surface area is 467 Å². The Bertz CT molecular complexity index is 1300. The van der Waals surface area contributed by atoms with E-state index in [0.29, 0.717) is 19.3 Å². The minimum absolute atomic E-state index is 0.0756. The molecule has 0 aliphatic rings. The van der Waals surface area contributed by atoms with Crippen LogP contribution >= 0.6 is 0 Å². The lowest BCUT2D eigenvalue weighted by atomic mass is 10.0. The Morgan fingerprint density at radius 2 is 0.480 bits per heavy atom. The second kappa shape index (κ2) is 63.9. The van der Waals surface area contributed by atoms with Gasteiger partial charge in [0.2, 0.25) is 0 Å². The highest BCUT2D eigenvalue weighted by Gasteiger charge is 2.19. The van der Waals surface area contributed by atoms with Gasteiger partial charge in [-0.25, -0.2) is 0 Å². The van der Waals surface area contributed by atoms with Gasteiger partial charge in [0.25, 0.3) is 0 Å². The van der Waals surface area contributed by atoms with Gasteiger partial charge in [-0.05, 0) is 83.5 Å². The average molecular weight is 1050 g/mol. The summed E-state index contributed by atoms with van der Waals surface area (Å²) in [6, 6.07) is 0. The maximum absolute atomic E-state index is 12.9. The van der Waals surface area contributed by atoms with Crippen molar-refractivity contribution in [2.24, 2.45) is 0 Å². The second-order valence-corrected chi connectivity index (χ2v) is 22.4.